The summed E-state index contributed by atoms with van der Waals surface area (Å²) >= 11 is 0. The van der Waals surface area contributed by atoms with Crippen molar-refractivity contribution in [3.63, 3.8) is 0 Å². The van der Waals surface area contributed by atoms with Crippen LogP contribution in [0.2, 0.25) is 0 Å². The van der Waals surface area contributed by atoms with Crippen molar-refractivity contribution in [1.29, 1.82) is 0 Å². The highest BCUT2D eigenvalue weighted by atomic mass is 16.5. The fourth-order valence-electron chi connectivity index (χ4n) is 1.98. The summed E-state index contributed by atoms with van der Waals surface area (Å²) in [5, 5.41) is 11.5. The third kappa shape index (κ3) is 4.30. The molecule has 6 nitrogen and oxygen atoms in total. The molecule has 1 amide bonds. The van der Waals surface area contributed by atoms with Gasteiger partial charge in [0, 0.05) is 5.56 Å². The first kappa shape index (κ1) is 15.0. The lowest BCUT2D eigenvalue weighted by Gasteiger charge is -2.14. The molecule has 2 N–H and O–H groups in total. The quantitative estimate of drug-likeness (QED) is 0.737. The maximum absolute atomic E-state index is 11.7. The highest BCUT2D eigenvalue weighted by Gasteiger charge is 2.37. The number of aliphatic carboxylic acids is 1. The van der Waals surface area contributed by atoms with Gasteiger partial charge in [-0.15, -0.1) is 0 Å². The molecule has 1 atom stereocenters. The normalized spacial score (nSPS) is 15.1. The zero-order valence-corrected chi connectivity index (χ0v) is 11.7. The summed E-state index contributed by atoms with van der Waals surface area (Å²) in [6.07, 6.45) is 1.64. The summed E-state index contributed by atoms with van der Waals surface area (Å²) in [6, 6.07) is 5.65. The molecular formula is C15H17NO5. The Bertz CT molecular complexity index is 565. The number of amides is 1. The van der Waals surface area contributed by atoms with E-state index in [1.54, 1.807) is 24.3 Å². The van der Waals surface area contributed by atoms with Crippen molar-refractivity contribution in [2.24, 2.45) is 5.92 Å². The average Bonchev–Trinajstić information content (AvgIpc) is 3.27. The number of ketones is 1. The molecule has 0 bridgehead atoms. The summed E-state index contributed by atoms with van der Waals surface area (Å²) in [6.45, 7) is 1.16. The molecule has 1 saturated carbocycles. The number of ether oxygens (including phenoxy) is 1. The van der Waals surface area contributed by atoms with Crippen LogP contribution in [0, 0.1) is 5.92 Å². The second-order valence-electron chi connectivity index (χ2n) is 5.09. The SMILES string of the molecule is CC(=O)c1cccc(OCC(=O)NC(C(=O)O)C2CC2)c1. The second-order valence-corrected chi connectivity index (χ2v) is 5.09. The van der Waals surface area contributed by atoms with E-state index in [-0.39, 0.29) is 18.3 Å². The lowest BCUT2D eigenvalue weighted by Crippen LogP contribution is -2.44. The first-order chi connectivity index (χ1) is 9.97. The highest BCUT2D eigenvalue weighted by Crippen LogP contribution is 2.32. The molecule has 0 radical (unpaired) electrons. The smallest absolute Gasteiger partial charge is 0.326 e. The van der Waals surface area contributed by atoms with E-state index in [1.165, 1.54) is 6.92 Å². The van der Waals surface area contributed by atoms with Gasteiger partial charge >= 0.3 is 5.97 Å². The van der Waals surface area contributed by atoms with Crippen LogP contribution in [-0.2, 0) is 9.59 Å². The fourth-order valence-corrected chi connectivity index (χ4v) is 1.98. The molecule has 1 aromatic carbocycles. The van der Waals surface area contributed by atoms with E-state index in [4.69, 9.17) is 9.84 Å². The Balaban J connectivity index is 1.87. The van der Waals surface area contributed by atoms with E-state index < -0.39 is 17.9 Å². The highest BCUT2D eigenvalue weighted by molar-refractivity contribution is 5.94. The molecular weight excluding hydrogens is 274 g/mol. The number of Topliss-reactive ketones (excluding diaryl/α,β-unsaturated/α-hetero) is 1. The van der Waals surface area contributed by atoms with Gasteiger partial charge in [-0.25, -0.2) is 4.79 Å². The maximum atomic E-state index is 11.7. The Morgan fingerprint density at radius 1 is 1.38 bits per heavy atom. The van der Waals surface area contributed by atoms with Crippen LogP contribution < -0.4 is 10.1 Å². The molecule has 21 heavy (non-hydrogen) atoms. The first-order valence-electron chi connectivity index (χ1n) is 6.73. The number of nitrogens with one attached hydrogen (secondary N) is 1. The number of hydrogen-bond donors (Lipinski definition) is 2. The van der Waals surface area contributed by atoms with E-state index >= 15 is 0 Å². The lowest BCUT2D eigenvalue weighted by molar-refractivity contribution is -0.142. The summed E-state index contributed by atoms with van der Waals surface area (Å²) < 4.78 is 5.28. The van der Waals surface area contributed by atoms with Crippen LogP contribution in [0.15, 0.2) is 24.3 Å². The molecule has 0 spiro atoms. The van der Waals surface area contributed by atoms with Crippen molar-refractivity contribution < 1.29 is 24.2 Å². The van der Waals surface area contributed by atoms with Gasteiger partial charge in [0.15, 0.2) is 12.4 Å². The Labute approximate surface area is 122 Å². The van der Waals surface area contributed by atoms with Crippen LogP contribution >= 0.6 is 0 Å². The predicted molar refractivity (Wildman–Crippen MR) is 74.2 cm³/mol. The molecule has 1 aliphatic rings. The Hall–Kier alpha value is -2.37. The summed E-state index contributed by atoms with van der Waals surface area (Å²) in [5.74, 6) is -1.18. The summed E-state index contributed by atoms with van der Waals surface area (Å²) in [7, 11) is 0. The Kier molecular flexibility index (Phi) is 4.57. The second kappa shape index (κ2) is 6.39. The van der Waals surface area contributed by atoms with E-state index in [9.17, 15) is 14.4 Å². The van der Waals surface area contributed by atoms with Crippen molar-refractivity contribution in [3.05, 3.63) is 29.8 Å². The molecule has 0 aliphatic heterocycles. The minimum absolute atomic E-state index is 0.0208. The van der Waals surface area contributed by atoms with Gasteiger partial charge in [-0.05, 0) is 37.8 Å². The van der Waals surface area contributed by atoms with Gasteiger partial charge in [0.2, 0.25) is 0 Å². The van der Waals surface area contributed by atoms with Gasteiger partial charge in [0.1, 0.15) is 11.8 Å². The van der Waals surface area contributed by atoms with Crippen molar-refractivity contribution in [3.8, 4) is 5.75 Å². The Morgan fingerprint density at radius 3 is 2.67 bits per heavy atom. The van der Waals surface area contributed by atoms with Gasteiger partial charge in [0.25, 0.3) is 5.91 Å². The average molecular weight is 291 g/mol. The number of carbonyl (C=O) groups is 3. The van der Waals surface area contributed by atoms with E-state index in [2.05, 4.69) is 5.32 Å². The van der Waals surface area contributed by atoms with Gasteiger partial charge in [0.05, 0.1) is 0 Å². The van der Waals surface area contributed by atoms with Crippen molar-refractivity contribution in [1.82, 2.24) is 5.32 Å². The van der Waals surface area contributed by atoms with E-state index in [0.717, 1.165) is 12.8 Å². The van der Waals surface area contributed by atoms with Crippen molar-refractivity contribution in [2.45, 2.75) is 25.8 Å². The third-order valence-corrected chi connectivity index (χ3v) is 3.29. The lowest BCUT2D eigenvalue weighted by atomic mass is 10.1. The minimum Gasteiger partial charge on any atom is -0.484 e. The molecule has 1 aromatic rings. The van der Waals surface area contributed by atoms with Crippen LogP contribution in [0.5, 0.6) is 5.75 Å². The molecule has 1 aliphatic carbocycles. The molecule has 1 unspecified atom stereocenters. The van der Waals surface area contributed by atoms with Gasteiger partial charge in [-0.1, -0.05) is 12.1 Å². The number of hydrogen-bond acceptors (Lipinski definition) is 4. The summed E-state index contributed by atoms with van der Waals surface area (Å²) in [4.78, 5) is 34.0. The van der Waals surface area contributed by atoms with E-state index in [0.29, 0.717) is 11.3 Å². The number of rotatable bonds is 7. The van der Waals surface area contributed by atoms with Gasteiger partial charge in [-0.2, -0.15) is 0 Å². The van der Waals surface area contributed by atoms with Crippen LogP contribution in [0.25, 0.3) is 0 Å². The molecule has 0 saturated heterocycles. The van der Waals surface area contributed by atoms with Gasteiger partial charge in [-0.3, -0.25) is 9.59 Å². The van der Waals surface area contributed by atoms with Crippen LogP contribution in [-0.4, -0.2) is 35.4 Å². The van der Waals surface area contributed by atoms with Crippen LogP contribution in [0.1, 0.15) is 30.1 Å². The topological polar surface area (TPSA) is 92.7 Å². The fraction of sp³-hybridized carbons (Fsp3) is 0.400. The largest absolute Gasteiger partial charge is 0.484 e. The Morgan fingerprint density at radius 2 is 2.10 bits per heavy atom. The zero-order valence-electron chi connectivity index (χ0n) is 11.7. The van der Waals surface area contributed by atoms with Crippen LogP contribution in [0.3, 0.4) is 0 Å². The first-order valence-corrected chi connectivity index (χ1v) is 6.73. The maximum Gasteiger partial charge on any atom is 0.326 e. The number of carboxylic acid groups (broad SMARTS) is 1. The molecule has 0 aromatic heterocycles. The molecule has 112 valence electrons. The number of carbonyl (C=O) groups excluding carboxylic acids is 2. The third-order valence-electron chi connectivity index (χ3n) is 3.29. The predicted octanol–water partition coefficient (Wildman–Crippen LogP) is 1.25. The van der Waals surface area contributed by atoms with Crippen molar-refractivity contribution >= 4 is 17.7 Å². The zero-order chi connectivity index (χ0) is 15.4. The standard InChI is InChI=1S/C15H17NO5/c1-9(17)11-3-2-4-12(7-11)21-8-13(18)16-14(15(19)20)10-5-6-10/h2-4,7,10,14H,5-6,8H2,1H3,(H,16,18)(H,19,20). The monoisotopic (exact) mass is 291 g/mol. The van der Waals surface area contributed by atoms with Gasteiger partial charge < -0.3 is 15.2 Å². The summed E-state index contributed by atoms with van der Waals surface area (Å²) in [5.41, 5.74) is 0.495. The van der Waals surface area contributed by atoms with Crippen LogP contribution in [0.4, 0.5) is 0 Å². The van der Waals surface area contributed by atoms with E-state index in [1.807, 2.05) is 0 Å². The van der Waals surface area contributed by atoms with Crippen molar-refractivity contribution in [2.75, 3.05) is 6.61 Å². The minimum atomic E-state index is -1.02. The molecule has 2 rings (SSSR count). The molecule has 1 fully saturated rings. The molecule has 6 heteroatoms. The number of carboxylic acids is 1. The number of benzene rings is 1. The molecule has 0 heterocycles.